The summed E-state index contributed by atoms with van der Waals surface area (Å²) in [6, 6.07) is 0. The van der Waals surface area contributed by atoms with Crippen molar-refractivity contribution in [2.24, 2.45) is 7.05 Å². The third-order valence-electron chi connectivity index (χ3n) is 0.932. The highest BCUT2D eigenvalue weighted by Gasteiger charge is 2.05. The molecule has 0 bridgehead atoms. The van der Waals surface area contributed by atoms with E-state index >= 15 is 0 Å². The van der Waals surface area contributed by atoms with E-state index < -0.39 is 0 Å². The van der Waals surface area contributed by atoms with Crippen LogP contribution in [0.25, 0.3) is 0 Å². The third kappa shape index (κ3) is 1.48. The molecule has 1 aromatic heterocycles. The Labute approximate surface area is 83.4 Å². The maximum atomic E-state index is 4.13. The molecule has 0 radical (unpaired) electrons. The predicted octanol–water partition coefficient (Wildman–Crippen LogP) is 2.55. The first-order chi connectivity index (χ1) is 4.13. The van der Waals surface area contributed by atoms with Crippen molar-refractivity contribution in [3.63, 3.8) is 0 Å². The van der Waals surface area contributed by atoms with Gasteiger partial charge in [0.05, 0.1) is 0 Å². The highest BCUT2D eigenvalue weighted by atomic mass is 127. The summed E-state index contributed by atoms with van der Waals surface area (Å²) in [6.45, 7) is 0. The van der Waals surface area contributed by atoms with Gasteiger partial charge in [-0.25, -0.2) is 4.98 Å². The zero-order chi connectivity index (χ0) is 7.02. The fourth-order valence-corrected chi connectivity index (χ4v) is 2.26. The maximum Gasteiger partial charge on any atom is 0.173 e. The lowest BCUT2D eigenvalue weighted by Gasteiger charge is -1.91. The molecule has 1 heterocycles. The summed E-state index contributed by atoms with van der Waals surface area (Å²) >= 11 is 8.79. The van der Waals surface area contributed by atoms with Gasteiger partial charge in [0.2, 0.25) is 0 Å². The van der Waals surface area contributed by atoms with Gasteiger partial charge >= 0.3 is 0 Å². The Bertz CT molecular complexity index is 210. The zero-order valence-electron chi connectivity index (χ0n) is 4.53. The molecule has 0 saturated heterocycles. The molecule has 0 aliphatic rings. The summed E-state index contributed by atoms with van der Waals surface area (Å²) < 4.78 is 4.75. The Balaban J connectivity index is 3.29. The average Bonchev–Trinajstić information content (AvgIpc) is 1.98. The lowest BCUT2D eigenvalue weighted by Crippen LogP contribution is -1.89. The molecule has 0 atom stereocenters. The lowest BCUT2D eigenvalue weighted by molar-refractivity contribution is 0.857. The number of imidazole rings is 1. The van der Waals surface area contributed by atoms with Crippen molar-refractivity contribution in [1.29, 1.82) is 0 Å². The van der Waals surface area contributed by atoms with Gasteiger partial charge in [-0.1, -0.05) is 0 Å². The Kier molecular flexibility index (Phi) is 2.56. The van der Waals surface area contributed by atoms with E-state index in [1.165, 1.54) is 0 Å². The zero-order valence-corrected chi connectivity index (χ0v) is 9.86. The molecule has 0 N–H and O–H groups in total. The van der Waals surface area contributed by atoms with Gasteiger partial charge in [-0.05, 0) is 54.5 Å². The molecule has 0 aromatic carbocycles. The topological polar surface area (TPSA) is 17.8 Å². The van der Waals surface area contributed by atoms with Crippen molar-refractivity contribution in [1.82, 2.24) is 9.55 Å². The van der Waals surface area contributed by atoms with Crippen LogP contribution in [0, 0.1) is 3.83 Å². The molecule has 0 unspecified atom stereocenters. The summed E-state index contributed by atoms with van der Waals surface area (Å²) in [5.74, 6) is 0. The molecule has 0 spiro atoms. The monoisotopic (exact) mass is 364 g/mol. The van der Waals surface area contributed by atoms with E-state index in [9.17, 15) is 0 Å². The second-order valence-electron chi connectivity index (χ2n) is 1.52. The number of nitrogens with zero attached hydrogens (tertiary/aromatic N) is 2. The van der Waals surface area contributed by atoms with Crippen LogP contribution in [0.5, 0.6) is 0 Å². The standard InChI is InChI=1S/C4H3Br2IN2/c1-9-3(6)2(5)8-4(9)7/h1H3. The van der Waals surface area contributed by atoms with Gasteiger partial charge < -0.3 is 4.57 Å². The fraction of sp³-hybridized carbons (Fsp3) is 0.250. The van der Waals surface area contributed by atoms with Gasteiger partial charge in [-0.2, -0.15) is 0 Å². The van der Waals surface area contributed by atoms with Crippen LogP contribution in [-0.4, -0.2) is 9.55 Å². The van der Waals surface area contributed by atoms with E-state index in [1.54, 1.807) is 0 Å². The SMILES string of the molecule is Cn1c(I)nc(Br)c1Br. The highest BCUT2D eigenvalue weighted by molar-refractivity contribution is 14.1. The van der Waals surface area contributed by atoms with E-state index in [2.05, 4.69) is 59.4 Å². The molecule has 9 heavy (non-hydrogen) atoms. The molecule has 0 saturated carbocycles. The van der Waals surface area contributed by atoms with Crippen LogP contribution in [0.1, 0.15) is 0 Å². The fourth-order valence-electron chi connectivity index (χ4n) is 0.422. The highest BCUT2D eigenvalue weighted by Crippen LogP contribution is 2.22. The first-order valence-corrected chi connectivity index (χ1v) is 4.82. The Morgan fingerprint density at radius 1 is 1.56 bits per heavy atom. The normalized spacial score (nSPS) is 10.2. The molecule has 0 fully saturated rings. The number of halogens is 3. The van der Waals surface area contributed by atoms with Crippen molar-refractivity contribution >= 4 is 54.5 Å². The van der Waals surface area contributed by atoms with Crippen molar-refractivity contribution in [3.8, 4) is 0 Å². The van der Waals surface area contributed by atoms with Gasteiger partial charge in [-0.15, -0.1) is 0 Å². The maximum absolute atomic E-state index is 4.13. The van der Waals surface area contributed by atoms with Crippen LogP contribution in [0.2, 0.25) is 0 Å². The molecule has 0 amide bonds. The van der Waals surface area contributed by atoms with Gasteiger partial charge in [0.1, 0.15) is 9.21 Å². The first kappa shape index (κ1) is 8.00. The van der Waals surface area contributed by atoms with E-state index in [4.69, 9.17) is 0 Å². The molecule has 5 heteroatoms. The van der Waals surface area contributed by atoms with Crippen molar-refractivity contribution in [3.05, 3.63) is 13.0 Å². The largest absolute Gasteiger partial charge is 0.316 e. The molecular formula is C4H3Br2IN2. The van der Waals surface area contributed by atoms with E-state index in [1.807, 2.05) is 11.6 Å². The van der Waals surface area contributed by atoms with Gasteiger partial charge in [0.25, 0.3) is 0 Å². The van der Waals surface area contributed by atoms with E-state index in [-0.39, 0.29) is 0 Å². The summed E-state index contributed by atoms with van der Waals surface area (Å²) in [6.07, 6.45) is 0. The molecule has 0 aliphatic heterocycles. The van der Waals surface area contributed by atoms with E-state index in [0.29, 0.717) is 0 Å². The minimum absolute atomic E-state index is 0.856. The van der Waals surface area contributed by atoms with Crippen LogP contribution >= 0.6 is 54.5 Å². The van der Waals surface area contributed by atoms with Gasteiger partial charge in [-0.3, -0.25) is 0 Å². The number of rotatable bonds is 0. The number of aromatic nitrogens is 2. The summed E-state index contributed by atoms with van der Waals surface area (Å²) in [4.78, 5) is 4.13. The number of hydrogen-bond donors (Lipinski definition) is 0. The second kappa shape index (κ2) is 2.87. The predicted molar refractivity (Wildman–Crippen MR) is 51.3 cm³/mol. The quantitative estimate of drug-likeness (QED) is 0.646. The van der Waals surface area contributed by atoms with Crippen LogP contribution in [-0.2, 0) is 7.05 Å². The second-order valence-corrected chi connectivity index (χ2v) is 3.99. The minimum atomic E-state index is 0.856. The average molecular weight is 366 g/mol. The number of hydrogen-bond acceptors (Lipinski definition) is 1. The summed E-state index contributed by atoms with van der Waals surface area (Å²) in [5, 5.41) is 0. The van der Waals surface area contributed by atoms with Crippen molar-refractivity contribution in [2.45, 2.75) is 0 Å². The van der Waals surface area contributed by atoms with Gasteiger partial charge in [0.15, 0.2) is 3.83 Å². The summed E-state index contributed by atoms with van der Waals surface area (Å²) in [7, 11) is 1.95. The molecule has 2 nitrogen and oxygen atoms in total. The van der Waals surface area contributed by atoms with Crippen LogP contribution in [0.15, 0.2) is 9.21 Å². The smallest absolute Gasteiger partial charge is 0.173 e. The first-order valence-electron chi connectivity index (χ1n) is 2.16. The Hall–Kier alpha value is 0.900. The van der Waals surface area contributed by atoms with Crippen LogP contribution in [0.3, 0.4) is 0 Å². The van der Waals surface area contributed by atoms with Crippen molar-refractivity contribution in [2.75, 3.05) is 0 Å². The van der Waals surface area contributed by atoms with Crippen molar-refractivity contribution < 1.29 is 0 Å². The van der Waals surface area contributed by atoms with Crippen LogP contribution < -0.4 is 0 Å². The summed E-state index contributed by atoms with van der Waals surface area (Å²) in [5.41, 5.74) is 0. The minimum Gasteiger partial charge on any atom is -0.316 e. The molecule has 1 aromatic rings. The van der Waals surface area contributed by atoms with Gasteiger partial charge in [0, 0.05) is 7.05 Å². The molecule has 0 aliphatic carbocycles. The third-order valence-corrected chi connectivity index (χ3v) is 3.89. The molecular weight excluding hydrogens is 363 g/mol. The molecule has 50 valence electrons. The lowest BCUT2D eigenvalue weighted by atomic mass is 10.9. The Morgan fingerprint density at radius 3 is 2.22 bits per heavy atom. The Morgan fingerprint density at radius 2 is 2.11 bits per heavy atom. The molecule has 1 rings (SSSR count). The van der Waals surface area contributed by atoms with E-state index in [0.717, 1.165) is 13.0 Å². The van der Waals surface area contributed by atoms with Crippen LogP contribution in [0.4, 0.5) is 0 Å².